The zero-order chi connectivity index (χ0) is 22.0. The van der Waals surface area contributed by atoms with Gasteiger partial charge >= 0.3 is 5.97 Å². The second-order valence-electron chi connectivity index (χ2n) is 9.64. The maximum absolute atomic E-state index is 12.2. The summed E-state index contributed by atoms with van der Waals surface area (Å²) in [4.78, 5) is 12.2. The van der Waals surface area contributed by atoms with Crippen LogP contribution in [0.25, 0.3) is 0 Å². The van der Waals surface area contributed by atoms with E-state index >= 15 is 0 Å². The molecule has 0 saturated heterocycles. The molecule has 0 N–H and O–H groups in total. The number of fused-ring (bicyclic) bond motifs is 1. The molecule has 0 aliphatic heterocycles. The van der Waals surface area contributed by atoms with Crippen molar-refractivity contribution < 1.29 is 9.53 Å². The van der Waals surface area contributed by atoms with E-state index in [0.717, 1.165) is 25.7 Å². The van der Waals surface area contributed by atoms with Crippen molar-refractivity contribution in [3.05, 3.63) is 91.0 Å². The van der Waals surface area contributed by atoms with Gasteiger partial charge in [0.05, 0.1) is 0 Å². The minimum Gasteiger partial charge on any atom is -0.459 e. The summed E-state index contributed by atoms with van der Waals surface area (Å²) in [5.74, 6) is 0.345. The Morgan fingerprint density at radius 3 is 1.78 bits per heavy atom. The summed E-state index contributed by atoms with van der Waals surface area (Å²) in [6.07, 6.45) is 6.70. The van der Waals surface area contributed by atoms with Gasteiger partial charge in [-0.2, -0.15) is 0 Å². The maximum Gasteiger partial charge on any atom is 0.303 e. The fourth-order valence-corrected chi connectivity index (χ4v) is 12.7. The van der Waals surface area contributed by atoms with Crippen molar-refractivity contribution in [3.63, 3.8) is 0 Å². The molecule has 0 spiro atoms. The Morgan fingerprint density at radius 1 is 0.812 bits per heavy atom. The molecule has 0 aromatic heterocycles. The fraction of sp³-hybridized carbons (Fsp3) is 0.345. The minimum absolute atomic E-state index is 0.121. The van der Waals surface area contributed by atoms with E-state index in [0.29, 0.717) is 11.5 Å². The van der Waals surface area contributed by atoms with E-state index in [1.54, 1.807) is 6.92 Å². The van der Waals surface area contributed by atoms with Crippen LogP contribution in [-0.2, 0) is 9.53 Å². The molecule has 2 aliphatic carbocycles. The van der Waals surface area contributed by atoms with Crippen LogP contribution in [0.3, 0.4) is 0 Å². The molecule has 0 unspecified atom stereocenters. The Balaban J connectivity index is 1.73. The molecule has 3 heteroatoms. The number of benzene rings is 3. The molecule has 0 radical (unpaired) electrons. The minimum atomic E-state index is -2.37. The first kappa shape index (κ1) is 21.2. The number of carbonyl (C=O) groups excluding carboxylic acids is 1. The van der Waals surface area contributed by atoms with Crippen LogP contribution in [0.1, 0.15) is 45.4 Å². The second-order valence-corrected chi connectivity index (χ2v) is 13.8. The molecule has 0 amide bonds. The third kappa shape index (κ3) is 3.53. The number of rotatable bonds is 5. The summed E-state index contributed by atoms with van der Waals surface area (Å²) in [5, 5.41) is 4.37. The lowest BCUT2D eigenvalue weighted by atomic mass is 9.77. The van der Waals surface area contributed by atoms with Gasteiger partial charge in [0.15, 0.2) is 8.07 Å². The second kappa shape index (κ2) is 8.71. The molecular formula is C29H32O2Si. The third-order valence-electron chi connectivity index (χ3n) is 7.95. The lowest BCUT2D eigenvalue weighted by molar-refractivity contribution is -0.164. The molecule has 3 atom stereocenters. The van der Waals surface area contributed by atoms with E-state index in [-0.39, 0.29) is 11.6 Å². The molecule has 5 rings (SSSR count). The monoisotopic (exact) mass is 440 g/mol. The zero-order valence-electron chi connectivity index (χ0n) is 18.9. The van der Waals surface area contributed by atoms with E-state index in [9.17, 15) is 4.79 Å². The van der Waals surface area contributed by atoms with Crippen LogP contribution in [0.15, 0.2) is 91.0 Å². The summed E-state index contributed by atoms with van der Waals surface area (Å²) in [6.45, 7) is 1.59. The topological polar surface area (TPSA) is 26.3 Å². The smallest absolute Gasteiger partial charge is 0.303 e. The van der Waals surface area contributed by atoms with Gasteiger partial charge in [0, 0.05) is 6.92 Å². The summed E-state index contributed by atoms with van der Waals surface area (Å²) < 4.78 is 6.22. The van der Waals surface area contributed by atoms with E-state index in [1.165, 1.54) is 28.4 Å². The van der Waals surface area contributed by atoms with Crippen LogP contribution >= 0.6 is 0 Å². The summed E-state index contributed by atoms with van der Waals surface area (Å²) in [5.41, 5.74) is 0.197. The predicted octanol–water partition coefficient (Wildman–Crippen LogP) is 4.81. The van der Waals surface area contributed by atoms with Crippen molar-refractivity contribution in [2.75, 3.05) is 0 Å². The van der Waals surface area contributed by atoms with Crippen molar-refractivity contribution in [1.29, 1.82) is 0 Å². The number of carbonyl (C=O) groups is 1. The molecule has 0 bridgehead atoms. The average molecular weight is 441 g/mol. The lowest BCUT2D eigenvalue weighted by Crippen LogP contribution is -2.69. The van der Waals surface area contributed by atoms with Crippen molar-refractivity contribution in [2.45, 2.75) is 56.6 Å². The highest BCUT2D eigenvalue weighted by molar-refractivity contribution is 7.12. The number of ether oxygens (including phenoxy) is 1. The molecule has 2 aliphatic rings. The van der Waals surface area contributed by atoms with Crippen LogP contribution in [0, 0.1) is 5.92 Å². The van der Waals surface area contributed by atoms with Gasteiger partial charge in [0.1, 0.15) is 5.60 Å². The SMILES string of the molecule is CC(=O)O[C@]12CCCC[C@H]1C[C@@H]([Si](c1ccccc1)(c1ccccc1)c1ccccc1)C2. The molecule has 32 heavy (non-hydrogen) atoms. The summed E-state index contributed by atoms with van der Waals surface area (Å²) in [6, 6.07) is 33.5. The number of hydrogen-bond donors (Lipinski definition) is 0. The molecule has 0 heterocycles. The van der Waals surface area contributed by atoms with Crippen molar-refractivity contribution in [1.82, 2.24) is 0 Å². The Bertz CT molecular complexity index is 954. The van der Waals surface area contributed by atoms with Crippen LogP contribution in [0.4, 0.5) is 0 Å². The molecule has 2 fully saturated rings. The van der Waals surface area contributed by atoms with Gasteiger partial charge in [0.2, 0.25) is 0 Å². The number of hydrogen-bond acceptors (Lipinski definition) is 2. The molecule has 164 valence electrons. The van der Waals surface area contributed by atoms with Gasteiger partial charge < -0.3 is 4.74 Å². The highest BCUT2D eigenvalue weighted by Gasteiger charge is 2.58. The Morgan fingerprint density at radius 2 is 1.31 bits per heavy atom. The van der Waals surface area contributed by atoms with Gasteiger partial charge in [-0.25, -0.2) is 0 Å². The highest BCUT2D eigenvalue weighted by atomic mass is 28.3. The van der Waals surface area contributed by atoms with Gasteiger partial charge in [-0.3, -0.25) is 4.79 Å². The predicted molar refractivity (Wildman–Crippen MR) is 133 cm³/mol. The molecule has 3 aromatic carbocycles. The zero-order valence-corrected chi connectivity index (χ0v) is 19.9. The number of esters is 1. The Labute approximate surface area is 192 Å². The fourth-order valence-electron chi connectivity index (χ4n) is 6.83. The van der Waals surface area contributed by atoms with E-state index in [2.05, 4.69) is 91.0 Å². The van der Waals surface area contributed by atoms with Gasteiger partial charge in [-0.1, -0.05) is 97.4 Å². The van der Waals surface area contributed by atoms with Crippen LogP contribution in [-0.4, -0.2) is 19.6 Å². The van der Waals surface area contributed by atoms with Crippen LogP contribution in [0.5, 0.6) is 0 Å². The van der Waals surface area contributed by atoms with E-state index in [1.807, 2.05) is 0 Å². The Kier molecular flexibility index (Phi) is 5.77. The largest absolute Gasteiger partial charge is 0.459 e. The molecule has 2 saturated carbocycles. The first-order valence-corrected chi connectivity index (χ1v) is 14.1. The normalized spacial score (nSPS) is 25.2. The summed E-state index contributed by atoms with van der Waals surface area (Å²) in [7, 11) is -2.37. The van der Waals surface area contributed by atoms with Crippen molar-refractivity contribution in [2.24, 2.45) is 5.92 Å². The summed E-state index contributed by atoms with van der Waals surface area (Å²) >= 11 is 0. The van der Waals surface area contributed by atoms with Crippen LogP contribution in [0.2, 0.25) is 5.54 Å². The molecule has 2 nitrogen and oxygen atoms in total. The quantitative estimate of drug-likeness (QED) is 0.323. The maximum atomic E-state index is 12.2. The molecular weight excluding hydrogens is 408 g/mol. The van der Waals surface area contributed by atoms with Crippen molar-refractivity contribution in [3.8, 4) is 0 Å². The third-order valence-corrected chi connectivity index (χ3v) is 13.4. The highest BCUT2D eigenvalue weighted by Crippen LogP contribution is 2.55. The van der Waals surface area contributed by atoms with E-state index in [4.69, 9.17) is 4.74 Å². The molecule has 3 aromatic rings. The van der Waals surface area contributed by atoms with Gasteiger partial charge in [-0.15, -0.1) is 0 Å². The van der Waals surface area contributed by atoms with Crippen LogP contribution < -0.4 is 15.6 Å². The first-order valence-electron chi connectivity index (χ1n) is 12.0. The lowest BCUT2D eigenvalue weighted by Gasteiger charge is -2.41. The standard InChI is InChI=1S/C29H32O2Si/c1-23(30)31-29-20-12-11-13-24(29)21-28(22-29)32(25-14-5-2-6-15-25,26-16-7-3-8-17-26)27-18-9-4-10-19-27/h2-10,14-19,24,28H,11-13,20-22H2,1H3/t24-,28+,29-/m0/s1. The van der Waals surface area contributed by atoms with Crippen molar-refractivity contribution >= 4 is 29.6 Å². The van der Waals surface area contributed by atoms with Gasteiger partial charge in [-0.05, 0) is 59.1 Å². The first-order chi connectivity index (χ1) is 15.6. The Hall–Kier alpha value is -2.65. The van der Waals surface area contributed by atoms with E-state index < -0.39 is 8.07 Å². The van der Waals surface area contributed by atoms with Gasteiger partial charge in [0.25, 0.3) is 0 Å². The average Bonchev–Trinajstić information content (AvgIpc) is 3.20.